The van der Waals surface area contributed by atoms with Crippen LogP contribution in [0.1, 0.15) is 19.2 Å². The fourth-order valence-corrected chi connectivity index (χ4v) is 1.65. The molecular formula is C10H19N3O2S. The van der Waals surface area contributed by atoms with Gasteiger partial charge in [0, 0.05) is 27.2 Å². The van der Waals surface area contributed by atoms with Crippen LogP contribution in [0.15, 0.2) is 0 Å². The molecule has 0 fully saturated rings. The molecule has 1 rings (SSSR count). The van der Waals surface area contributed by atoms with Crippen LogP contribution in [-0.4, -0.2) is 41.7 Å². The molecule has 1 N–H and O–H groups in total. The summed E-state index contributed by atoms with van der Waals surface area (Å²) in [6.45, 7) is 3.42. The SMILES string of the molecule is COCCn1c(CCC(C)OC)n[nH]c1=S. The lowest BCUT2D eigenvalue weighted by atomic mass is 10.2. The lowest BCUT2D eigenvalue weighted by molar-refractivity contribution is 0.110. The first-order chi connectivity index (χ1) is 7.69. The summed E-state index contributed by atoms with van der Waals surface area (Å²) in [4.78, 5) is 0. The predicted octanol–water partition coefficient (Wildman–Crippen LogP) is 1.55. The Morgan fingerprint density at radius 1 is 1.50 bits per heavy atom. The van der Waals surface area contributed by atoms with Crippen molar-refractivity contribution in [2.75, 3.05) is 20.8 Å². The summed E-state index contributed by atoms with van der Waals surface area (Å²) in [6, 6.07) is 0. The molecule has 6 heteroatoms. The van der Waals surface area contributed by atoms with E-state index < -0.39 is 0 Å². The van der Waals surface area contributed by atoms with E-state index >= 15 is 0 Å². The van der Waals surface area contributed by atoms with Crippen LogP contribution in [0.4, 0.5) is 0 Å². The first-order valence-corrected chi connectivity index (χ1v) is 5.75. The van der Waals surface area contributed by atoms with Crippen molar-refractivity contribution >= 4 is 12.2 Å². The van der Waals surface area contributed by atoms with Crippen LogP contribution in [0.25, 0.3) is 0 Å². The summed E-state index contributed by atoms with van der Waals surface area (Å²) in [5, 5.41) is 7.02. The van der Waals surface area contributed by atoms with E-state index in [1.807, 2.05) is 11.5 Å². The minimum atomic E-state index is 0.237. The van der Waals surface area contributed by atoms with Gasteiger partial charge in [0.15, 0.2) is 4.77 Å². The summed E-state index contributed by atoms with van der Waals surface area (Å²) in [5.41, 5.74) is 0. The van der Waals surface area contributed by atoms with Gasteiger partial charge in [-0.2, -0.15) is 5.10 Å². The number of aromatic amines is 1. The van der Waals surface area contributed by atoms with Gasteiger partial charge in [0.1, 0.15) is 5.82 Å². The zero-order valence-corrected chi connectivity index (χ0v) is 10.8. The monoisotopic (exact) mass is 245 g/mol. The van der Waals surface area contributed by atoms with Crippen molar-refractivity contribution in [3.63, 3.8) is 0 Å². The van der Waals surface area contributed by atoms with E-state index in [1.54, 1.807) is 14.2 Å². The molecule has 0 aromatic carbocycles. The van der Waals surface area contributed by atoms with E-state index in [0.29, 0.717) is 11.4 Å². The van der Waals surface area contributed by atoms with Crippen molar-refractivity contribution in [1.29, 1.82) is 0 Å². The molecule has 0 radical (unpaired) electrons. The molecular weight excluding hydrogens is 226 g/mol. The normalized spacial score (nSPS) is 12.9. The van der Waals surface area contributed by atoms with Gasteiger partial charge in [0.25, 0.3) is 0 Å². The lowest BCUT2D eigenvalue weighted by Gasteiger charge is -2.09. The number of hydrogen-bond donors (Lipinski definition) is 1. The largest absolute Gasteiger partial charge is 0.383 e. The first-order valence-electron chi connectivity index (χ1n) is 5.34. The molecule has 0 amide bonds. The molecule has 0 aliphatic heterocycles. The van der Waals surface area contributed by atoms with Crippen LogP contribution < -0.4 is 0 Å². The highest BCUT2D eigenvalue weighted by Gasteiger charge is 2.08. The van der Waals surface area contributed by atoms with Crippen molar-refractivity contribution in [3.8, 4) is 0 Å². The lowest BCUT2D eigenvalue weighted by Crippen LogP contribution is -2.12. The molecule has 92 valence electrons. The number of hydrogen-bond acceptors (Lipinski definition) is 4. The number of nitrogens with zero attached hydrogens (tertiary/aromatic N) is 2. The Morgan fingerprint density at radius 3 is 2.88 bits per heavy atom. The molecule has 1 aromatic heterocycles. The summed E-state index contributed by atoms with van der Waals surface area (Å²) < 4.78 is 12.9. The number of ether oxygens (including phenoxy) is 2. The van der Waals surface area contributed by atoms with Gasteiger partial charge in [-0.25, -0.2) is 0 Å². The molecule has 5 nitrogen and oxygen atoms in total. The summed E-state index contributed by atoms with van der Waals surface area (Å²) in [5.74, 6) is 0.964. The predicted molar refractivity (Wildman–Crippen MR) is 64.1 cm³/mol. The van der Waals surface area contributed by atoms with Crippen LogP contribution in [0, 0.1) is 4.77 Å². The van der Waals surface area contributed by atoms with Crippen LogP contribution >= 0.6 is 12.2 Å². The van der Waals surface area contributed by atoms with Gasteiger partial charge in [0.05, 0.1) is 12.7 Å². The quantitative estimate of drug-likeness (QED) is 0.741. The van der Waals surface area contributed by atoms with Gasteiger partial charge < -0.3 is 14.0 Å². The van der Waals surface area contributed by atoms with Gasteiger partial charge in [-0.1, -0.05) is 0 Å². The zero-order valence-electron chi connectivity index (χ0n) is 10.0. The molecule has 0 spiro atoms. The maximum atomic E-state index is 5.20. The van der Waals surface area contributed by atoms with Gasteiger partial charge in [-0.15, -0.1) is 0 Å². The third kappa shape index (κ3) is 3.70. The number of nitrogens with one attached hydrogen (secondary N) is 1. The fraction of sp³-hybridized carbons (Fsp3) is 0.800. The van der Waals surface area contributed by atoms with Crippen molar-refractivity contribution in [2.24, 2.45) is 0 Å². The van der Waals surface area contributed by atoms with Crippen molar-refractivity contribution in [2.45, 2.75) is 32.4 Å². The van der Waals surface area contributed by atoms with Crippen molar-refractivity contribution < 1.29 is 9.47 Å². The van der Waals surface area contributed by atoms with E-state index in [1.165, 1.54) is 0 Å². The molecule has 0 bridgehead atoms. The van der Waals surface area contributed by atoms with Crippen LogP contribution in [0.5, 0.6) is 0 Å². The van der Waals surface area contributed by atoms with Crippen LogP contribution in [-0.2, 0) is 22.4 Å². The molecule has 0 aliphatic carbocycles. The summed E-state index contributed by atoms with van der Waals surface area (Å²) >= 11 is 5.15. The molecule has 0 saturated carbocycles. The Balaban J connectivity index is 2.61. The van der Waals surface area contributed by atoms with Gasteiger partial charge >= 0.3 is 0 Å². The molecule has 1 heterocycles. The van der Waals surface area contributed by atoms with Gasteiger partial charge in [-0.3, -0.25) is 5.10 Å². The molecule has 0 saturated heterocycles. The Bertz CT molecular complexity index is 361. The standard InChI is InChI=1S/C10H19N3O2S/c1-8(15-3)4-5-9-11-12-10(16)13(9)6-7-14-2/h8H,4-7H2,1-3H3,(H,12,16). The van der Waals surface area contributed by atoms with E-state index in [2.05, 4.69) is 10.2 Å². The van der Waals surface area contributed by atoms with E-state index in [9.17, 15) is 0 Å². The van der Waals surface area contributed by atoms with E-state index in [-0.39, 0.29) is 6.10 Å². The number of rotatable bonds is 7. The molecule has 1 atom stereocenters. The number of methoxy groups -OCH3 is 2. The van der Waals surface area contributed by atoms with Gasteiger partial charge in [0.2, 0.25) is 0 Å². The third-order valence-corrected chi connectivity index (χ3v) is 2.84. The minimum absolute atomic E-state index is 0.237. The topological polar surface area (TPSA) is 52.1 Å². The van der Waals surface area contributed by atoms with Crippen LogP contribution in [0.2, 0.25) is 0 Å². The molecule has 1 unspecified atom stereocenters. The number of aromatic nitrogens is 3. The van der Waals surface area contributed by atoms with E-state index in [4.69, 9.17) is 21.7 Å². The highest BCUT2D eigenvalue weighted by molar-refractivity contribution is 7.71. The Kier molecular flexibility index (Phi) is 5.65. The van der Waals surface area contributed by atoms with Crippen molar-refractivity contribution in [3.05, 3.63) is 10.6 Å². The van der Waals surface area contributed by atoms with Gasteiger partial charge in [-0.05, 0) is 25.6 Å². The van der Waals surface area contributed by atoms with Crippen molar-refractivity contribution in [1.82, 2.24) is 14.8 Å². The maximum Gasteiger partial charge on any atom is 0.195 e. The third-order valence-electron chi connectivity index (χ3n) is 2.53. The fourth-order valence-electron chi connectivity index (χ4n) is 1.40. The average Bonchev–Trinajstić information content (AvgIpc) is 2.64. The molecule has 16 heavy (non-hydrogen) atoms. The minimum Gasteiger partial charge on any atom is -0.383 e. The highest BCUT2D eigenvalue weighted by atomic mass is 32.1. The summed E-state index contributed by atoms with van der Waals surface area (Å²) in [6.07, 6.45) is 2.02. The van der Waals surface area contributed by atoms with Crippen LogP contribution in [0.3, 0.4) is 0 Å². The Labute approximate surface area is 101 Å². The maximum absolute atomic E-state index is 5.20. The Hall–Kier alpha value is -0.720. The average molecular weight is 245 g/mol. The second kappa shape index (κ2) is 6.78. The second-order valence-electron chi connectivity index (χ2n) is 3.67. The first kappa shape index (κ1) is 13.3. The summed E-state index contributed by atoms with van der Waals surface area (Å²) in [7, 11) is 3.39. The molecule has 0 aliphatic rings. The highest BCUT2D eigenvalue weighted by Crippen LogP contribution is 2.05. The smallest absolute Gasteiger partial charge is 0.195 e. The van der Waals surface area contributed by atoms with E-state index in [0.717, 1.165) is 25.2 Å². The second-order valence-corrected chi connectivity index (χ2v) is 4.06. The number of aryl methyl sites for hydroxylation is 1. The molecule has 1 aromatic rings. The zero-order chi connectivity index (χ0) is 12.0. The number of H-pyrrole nitrogens is 1. The Morgan fingerprint density at radius 2 is 2.25 bits per heavy atom.